The lowest BCUT2D eigenvalue weighted by Gasteiger charge is -2.30. The predicted molar refractivity (Wildman–Crippen MR) is 98.4 cm³/mol. The third-order valence-electron chi connectivity index (χ3n) is 4.19. The van der Waals surface area contributed by atoms with Crippen LogP contribution in [-0.2, 0) is 0 Å². The maximum atomic E-state index is 14.5. The first-order valence-electron chi connectivity index (χ1n) is 10.9. The van der Waals surface area contributed by atoms with Gasteiger partial charge in [0.15, 0.2) is 5.65 Å². The van der Waals surface area contributed by atoms with Crippen molar-refractivity contribution in [3.8, 4) is 5.69 Å². The molecule has 0 atom stereocenters. The molecule has 1 N–H and O–H groups in total. The number of amides is 2. The highest BCUT2D eigenvalue weighted by Gasteiger charge is 2.20. The van der Waals surface area contributed by atoms with Gasteiger partial charge in [0.25, 0.3) is 0 Å². The molecule has 1 aliphatic heterocycles. The molecule has 3 heterocycles. The highest BCUT2D eigenvalue weighted by molar-refractivity contribution is 5.90. The van der Waals surface area contributed by atoms with Gasteiger partial charge in [0.1, 0.15) is 11.5 Å². The van der Waals surface area contributed by atoms with Crippen molar-refractivity contribution in [1.82, 2.24) is 19.7 Å². The third-order valence-corrected chi connectivity index (χ3v) is 4.19. The molecular weight excluding hydrogens is 335 g/mol. The number of rotatable bonds is 3. The van der Waals surface area contributed by atoms with Crippen molar-refractivity contribution in [2.45, 2.75) is 6.42 Å². The topological polar surface area (TPSA) is 66.3 Å². The van der Waals surface area contributed by atoms with Gasteiger partial charge in [-0.15, -0.1) is 5.10 Å². The number of hydrogen-bond donors (Lipinski definition) is 1. The van der Waals surface area contributed by atoms with Gasteiger partial charge >= 0.3 is 6.03 Å². The zero-order valence-electron chi connectivity index (χ0n) is 19.6. The van der Waals surface area contributed by atoms with Crippen molar-refractivity contribution in [3.05, 3.63) is 42.5 Å². The summed E-state index contributed by atoms with van der Waals surface area (Å²) in [5.41, 5.74) is 0.434. The summed E-state index contributed by atoms with van der Waals surface area (Å²) < 4.78 is 61.0. The van der Waals surface area contributed by atoms with Gasteiger partial charge in [-0.1, -0.05) is 0 Å². The number of likely N-dealkylation sites (tertiary alicyclic amines) is 1. The fourth-order valence-electron chi connectivity index (χ4n) is 2.64. The molecule has 2 aromatic heterocycles. The SMILES string of the molecule is [2H]C([2H])([2H])N(c1cnc2nn(-c3cc(NC(=O)N4CCC4)ccc3F)cc2c1)C([2H])([2H])[2H]. The Balaban J connectivity index is 1.68. The Kier molecular flexibility index (Phi) is 2.60. The lowest BCUT2D eigenvalue weighted by molar-refractivity contribution is 0.181. The quantitative estimate of drug-likeness (QED) is 0.780. The summed E-state index contributed by atoms with van der Waals surface area (Å²) in [4.78, 5) is 18.1. The molecule has 134 valence electrons. The van der Waals surface area contributed by atoms with Gasteiger partial charge in [0, 0.05) is 52.5 Å². The van der Waals surface area contributed by atoms with Gasteiger partial charge < -0.3 is 15.1 Å². The molecule has 2 amide bonds. The molecule has 0 aliphatic carbocycles. The third kappa shape index (κ3) is 2.94. The first-order valence-corrected chi connectivity index (χ1v) is 7.95. The Morgan fingerprint density at radius 2 is 2.19 bits per heavy atom. The molecule has 1 fully saturated rings. The van der Waals surface area contributed by atoms with Crippen molar-refractivity contribution in [3.63, 3.8) is 0 Å². The number of halogens is 1. The van der Waals surface area contributed by atoms with E-state index in [1.807, 2.05) is 0 Å². The Morgan fingerprint density at radius 1 is 1.35 bits per heavy atom. The maximum absolute atomic E-state index is 14.5. The van der Waals surface area contributed by atoms with E-state index in [2.05, 4.69) is 15.4 Å². The summed E-state index contributed by atoms with van der Waals surface area (Å²) >= 11 is 0. The van der Waals surface area contributed by atoms with Gasteiger partial charge in [-0.25, -0.2) is 18.9 Å². The predicted octanol–water partition coefficient (Wildman–Crippen LogP) is 2.86. The van der Waals surface area contributed by atoms with Crippen LogP contribution >= 0.6 is 0 Å². The number of benzene rings is 1. The number of pyridine rings is 1. The Labute approximate surface area is 158 Å². The number of carbonyl (C=O) groups excluding carboxylic acids is 1. The average molecular weight is 360 g/mol. The second kappa shape index (κ2) is 6.29. The van der Waals surface area contributed by atoms with Crippen LogP contribution in [0, 0.1) is 5.82 Å². The minimum Gasteiger partial charge on any atom is -0.376 e. The van der Waals surface area contributed by atoms with Crippen LogP contribution < -0.4 is 10.2 Å². The zero-order valence-corrected chi connectivity index (χ0v) is 13.6. The monoisotopic (exact) mass is 360 g/mol. The van der Waals surface area contributed by atoms with E-state index in [0.29, 0.717) is 29.1 Å². The lowest BCUT2D eigenvalue weighted by atomic mass is 10.2. The Morgan fingerprint density at radius 3 is 2.92 bits per heavy atom. The fourth-order valence-corrected chi connectivity index (χ4v) is 2.64. The summed E-state index contributed by atoms with van der Waals surface area (Å²) in [6, 6.07) is 5.08. The molecular formula is C18H19FN6O. The number of nitrogens with zero attached hydrogens (tertiary/aromatic N) is 5. The number of fused-ring (bicyclic) bond motifs is 1. The largest absolute Gasteiger partial charge is 0.376 e. The summed E-state index contributed by atoms with van der Waals surface area (Å²) in [5.74, 6) is -0.605. The van der Waals surface area contributed by atoms with E-state index >= 15 is 0 Å². The normalized spacial score (nSPS) is 18.0. The van der Waals surface area contributed by atoms with Crippen LogP contribution in [0.1, 0.15) is 14.6 Å². The number of urea groups is 1. The van der Waals surface area contributed by atoms with Crippen molar-refractivity contribution >= 4 is 28.4 Å². The molecule has 1 aromatic carbocycles. The first kappa shape index (κ1) is 10.7. The van der Waals surface area contributed by atoms with E-state index in [1.165, 1.54) is 35.1 Å². The molecule has 3 aromatic rings. The molecule has 8 heteroatoms. The summed E-state index contributed by atoms with van der Waals surface area (Å²) in [6.45, 7) is -4.51. The molecule has 1 aliphatic rings. The number of carbonyl (C=O) groups is 1. The minimum atomic E-state index is -2.92. The van der Waals surface area contributed by atoms with Crippen LogP contribution in [0.3, 0.4) is 0 Å². The molecule has 0 bridgehead atoms. The smallest absolute Gasteiger partial charge is 0.321 e. The molecule has 4 rings (SSSR count). The van der Waals surface area contributed by atoms with Crippen LogP contribution in [-0.4, -0.2) is 52.7 Å². The summed E-state index contributed by atoms with van der Waals surface area (Å²) in [5, 5.41) is 7.21. The fraction of sp³-hybridized carbons (Fsp3) is 0.278. The van der Waals surface area contributed by atoms with Crippen LogP contribution in [0.5, 0.6) is 0 Å². The minimum absolute atomic E-state index is 0.0365. The average Bonchev–Trinajstić information content (AvgIpc) is 3.02. The van der Waals surface area contributed by atoms with Crippen molar-refractivity contribution in [2.75, 3.05) is 37.3 Å². The molecule has 7 nitrogen and oxygen atoms in total. The summed E-state index contributed by atoms with van der Waals surface area (Å²) in [7, 11) is 0. The van der Waals surface area contributed by atoms with Gasteiger partial charge in [0.2, 0.25) is 0 Å². The maximum Gasteiger partial charge on any atom is 0.321 e. The van der Waals surface area contributed by atoms with E-state index in [-0.39, 0.29) is 23.1 Å². The van der Waals surface area contributed by atoms with Crippen molar-refractivity contribution in [2.24, 2.45) is 0 Å². The number of aromatic nitrogens is 3. The highest BCUT2D eigenvalue weighted by atomic mass is 19.1. The Hall–Kier alpha value is -3.16. The number of anilines is 2. The molecule has 0 unspecified atom stereocenters. The van der Waals surface area contributed by atoms with Crippen LogP contribution in [0.2, 0.25) is 0 Å². The van der Waals surface area contributed by atoms with Gasteiger partial charge in [-0.05, 0) is 30.7 Å². The zero-order chi connectivity index (χ0) is 23.3. The van der Waals surface area contributed by atoms with E-state index in [0.717, 1.165) is 12.6 Å². The highest BCUT2D eigenvalue weighted by Crippen LogP contribution is 2.23. The van der Waals surface area contributed by atoms with Crippen molar-refractivity contribution in [1.29, 1.82) is 0 Å². The van der Waals surface area contributed by atoms with Crippen LogP contribution in [0.15, 0.2) is 36.7 Å². The van der Waals surface area contributed by atoms with E-state index in [9.17, 15) is 9.18 Å². The number of hydrogen-bond acceptors (Lipinski definition) is 4. The van der Waals surface area contributed by atoms with Gasteiger partial charge in [0.05, 0.1) is 11.9 Å². The standard InChI is InChI=1S/C18H19FN6O/c1-23(2)14-8-12-11-25(22-17(12)20-10-14)16-9-13(4-5-15(16)19)21-18(26)24-6-3-7-24/h4-5,8-11H,3,6-7H2,1-2H3,(H,21,26)/i1D3,2D3. The summed E-state index contributed by atoms with van der Waals surface area (Å²) in [6.07, 6.45) is 3.44. The molecule has 0 radical (unpaired) electrons. The second-order valence-corrected chi connectivity index (χ2v) is 5.95. The van der Waals surface area contributed by atoms with Crippen molar-refractivity contribution < 1.29 is 17.4 Å². The number of nitrogens with one attached hydrogen (secondary N) is 1. The van der Waals surface area contributed by atoms with Gasteiger partial charge in [-0.3, -0.25) is 0 Å². The molecule has 26 heavy (non-hydrogen) atoms. The lowest BCUT2D eigenvalue weighted by Crippen LogP contribution is -2.44. The van der Waals surface area contributed by atoms with Gasteiger partial charge in [-0.2, -0.15) is 0 Å². The van der Waals surface area contributed by atoms with E-state index in [1.54, 1.807) is 4.90 Å². The van der Waals surface area contributed by atoms with E-state index in [4.69, 9.17) is 8.22 Å². The van der Waals surface area contributed by atoms with Crippen LogP contribution in [0.25, 0.3) is 16.7 Å². The molecule has 0 saturated carbocycles. The van der Waals surface area contributed by atoms with Crippen LogP contribution in [0.4, 0.5) is 20.6 Å². The molecule has 1 saturated heterocycles. The molecule has 0 spiro atoms. The van der Waals surface area contributed by atoms with E-state index < -0.39 is 19.8 Å². The Bertz CT molecular complexity index is 1160. The first-order chi connectivity index (χ1) is 14.9. The second-order valence-electron chi connectivity index (χ2n) is 5.95.